The summed E-state index contributed by atoms with van der Waals surface area (Å²) in [6, 6.07) is 6.13. The zero-order valence-corrected chi connectivity index (χ0v) is 15.5. The van der Waals surface area contributed by atoms with Gasteiger partial charge in [0, 0.05) is 30.9 Å². The van der Waals surface area contributed by atoms with Gasteiger partial charge in [0.15, 0.2) is 5.96 Å². The fourth-order valence-corrected chi connectivity index (χ4v) is 2.95. The summed E-state index contributed by atoms with van der Waals surface area (Å²) in [7, 11) is 0. The third-order valence-electron chi connectivity index (χ3n) is 4.20. The van der Waals surface area contributed by atoms with E-state index in [9.17, 15) is 4.79 Å². The lowest BCUT2D eigenvalue weighted by molar-refractivity contribution is -0.161. The average molecular weight is 346 g/mol. The maximum Gasteiger partial charge on any atom is 0.309 e. The Bertz CT molecular complexity index is 573. The van der Waals surface area contributed by atoms with Crippen LogP contribution in [0, 0.1) is 5.92 Å². The number of aromatic nitrogens is 1. The molecule has 2 rings (SSSR count). The number of esters is 1. The minimum Gasteiger partial charge on any atom is -0.460 e. The summed E-state index contributed by atoms with van der Waals surface area (Å²) in [5, 5.41) is 3.27. The van der Waals surface area contributed by atoms with Crippen LogP contribution in [0.15, 0.2) is 29.4 Å². The second-order valence-electron chi connectivity index (χ2n) is 7.56. The van der Waals surface area contributed by atoms with E-state index in [-0.39, 0.29) is 17.9 Å². The van der Waals surface area contributed by atoms with Gasteiger partial charge in [-0.1, -0.05) is 6.07 Å². The Kier molecular flexibility index (Phi) is 6.79. The van der Waals surface area contributed by atoms with E-state index < -0.39 is 5.60 Å². The highest BCUT2D eigenvalue weighted by Crippen LogP contribution is 2.26. The fraction of sp³-hybridized carbons (Fsp3) is 0.632. The molecule has 138 valence electrons. The van der Waals surface area contributed by atoms with Crippen molar-refractivity contribution in [2.75, 3.05) is 6.54 Å². The largest absolute Gasteiger partial charge is 0.460 e. The normalized spacial score (nSPS) is 21.6. The van der Waals surface area contributed by atoms with Crippen molar-refractivity contribution >= 4 is 11.9 Å². The maximum absolute atomic E-state index is 12.1. The van der Waals surface area contributed by atoms with Gasteiger partial charge in [-0.05, 0) is 58.6 Å². The van der Waals surface area contributed by atoms with Crippen LogP contribution in [0.25, 0.3) is 0 Å². The molecule has 0 amide bonds. The Hall–Kier alpha value is -2.11. The maximum atomic E-state index is 12.1. The van der Waals surface area contributed by atoms with Crippen LogP contribution in [0.4, 0.5) is 0 Å². The van der Waals surface area contributed by atoms with Crippen LogP contribution in [0.3, 0.4) is 0 Å². The van der Waals surface area contributed by atoms with Gasteiger partial charge in [0.1, 0.15) is 5.60 Å². The quantitative estimate of drug-likeness (QED) is 0.485. The number of nitrogens with two attached hydrogens (primary N) is 1. The van der Waals surface area contributed by atoms with Gasteiger partial charge in [0.25, 0.3) is 0 Å². The van der Waals surface area contributed by atoms with Crippen molar-refractivity contribution in [1.82, 2.24) is 10.3 Å². The molecule has 6 nitrogen and oxygen atoms in total. The van der Waals surface area contributed by atoms with Gasteiger partial charge >= 0.3 is 5.97 Å². The Morgan fingerprint density at radius 3 is 2.64 bits per heavy atom. The summed E-state index contributed by atoms with van der Waals surface area (Å²) < 4.78 is 5.47. The first kappa shape index (κ1) is 19.2. The van der Waals surface area contributed by atoms with Gasteiger partial charge in [-0.15, -0.1) is 0 Å². The monoisotopic (exact) mass is 346 g/mol. The zero-order chi connectivity index (χ0) is 18.3. The van der Waals surface area contributed by atoms with Crippen molar-refractivity contribution in [3.05, 3.63) is 30.1 Å². The van der Waals surface area contributed by atoms with E-state index in [1.165, 1.54) is 0 Å². The molecule has 0 atom stereocenters. The van der Waals surface area contributed by atoms with E-state index in [4.69, 9.17) is 10.5 Å². The molecule has 1 heterocycles. The van der Waals surface area contributed by atoms with Crippen LogP contribution in [-0.2, 0) is 16.0 Å². The van der Waals surface area contributed by atoms with Gasteiger partial charge in [-0.3, -0.25) is 14.8 Å². The molecule has 1 saturated carbocycles. The van der Waals surface area contributed by atoms with Crippen LogP contribution in [-0.4, -0.2) is 35.1 Å². The SMILES string of the molecule is CC(C)(C)OC(=O)C1CCC(NC(N)=NCCc2ccccn2)CC1. The number of guanidine groups is 1. The topological polar surface area (TPSA) is 89.6 Å². The van der Waals surface area contributed by atoms with Crippen molar-refractivity contribution in [3.8, 4) is 0 Å². The van der Waals surface area contributed by atoms with Crippen LogP contribution >= 0.6 is 0 Å². The molecule has 1 aliphatic carbocycles. The highest BCUT2D eigenvalue weighted by atomic mass is 16.6. The van der Waals surface area contributed by atoms with E-state index >= 15 is 0 Å². The van der Waals surface area contributed by atoms with Crippen LogP contribution in [0.1, 0.15) is 52.1 Å². The van der Waals surface area contributed by atoms with Crippen molar-refractivity contribution in [2.45, 2.75) is 64.5 Å². The summed E-state index contributed by atoms with van der Waals surface area (Å²) in [6.45, 7) is 6.32. The molecule has 0 aromatic carbocycles. The van der Waals surface area contributed by atoms with E-state index in [2.05, 4.69) is 15.3 Å². The lowest BCUT2D eigenvalue weighted by Gasteiger charge is -2.30. The van der Waals surface area contributed by atoms with Crippen LogP contribution < -0.4 is 11.1 Å². The zero-order valence-electron chi connectivity index (χ0n) is 15.5. The first-order valence-electron chi connectivity index (χ1n) is 9.03. The van der Waals surface area contributed by atoms with Crippen molar-refractivity contribution in [3.63, 3.8) is 0 Å². The minimum absolute atomic E-state index is 0.000377. The average Bonchev–Trinajstić information content (AvgIpc) is 2.55. The van der Waals surface area contributed by atoms with E-state index in [0.717, 1.165) is 37.8 Å². The van der Waals surface area contributed by atoms with Crippen molar-refractivity contribution < 1.29 is 9.53 Å². The molecule has 1 aromatic rings. The number of hydrogen-bond acceptors (Lipinski definition) is 4. The number of ether oxygens (including phenoxy) is 1. The number of rotatable bonds is 5. The summed E-state index contributed by atoms with van der Waals surface area (Å²) in [5.74, 6) is 0.388. The number of carbonyl (C=O) groups is 1. The molecule has 0 radical (unpaired) electrons. The molecule has 1 aliphatic rings. The van der Waals surface area contributed by atoms with Crippen molar-refractivity contribution in [2.24, 2.45) is 16.6 Å². The smallest absolute Gasteiger partial charge is 0.309 e. The molecular weight excluding hydrogens is 316 g/mol. The molecule has 0 unspecified atom stereocenters. The predicted molar refractivity (Wildman–Crippen MR) is 99.2 cm³/mol. The number of carbonyl (C=O) groups excluding carboxylic acids is 1. The highest BCUT2D eigenvalue weighted by molar-refractivity contribution is 5.78. The summed E-state index contributed by atoms with van der Waals surface area (Å²) in [4.78, 5) is 20.8. The van der Waals surface area contributed by atoms with Gasteiger partial charge in [-0.2, -0.15) is 0 Å². The Balaban J connectivity index is 1.70. The lowest BCUT2D eigenvalue weighted by atomic mass is 9.86. The van der Waals surface area contributed by atoms with Crippen LogP contribution in [0.5, 0.6) is 0 Å². The minimum atomic E-state index is -0.420. The van der Waals surface area contributed by atoms with Crippen LogP contribution in [0.2, 0.25) is 0 Å². The third kappa shape index (κ3) is 7.11. The van der Waals surface area contributed by atoms with Gasteiger partial charge in [0.2, 0.25) is 0 Å². The molecule has 0 aliphatic heterocycles. The summed E-state index contributed by atoms with van der Waals surface area (Å²) in [5.41, 5.74) is 6.56. The second kappa shape index (κ2) is 8.83. The molecule has 6 heteroatoms. The lowest BCUT2D eigenvalue weighted by Crippen LogP contribution is -2.43. The molecule has 25 heavy (non-hydrogen) atoms. The summed E-state index contributed by atoms with van der Waals surface area (Å²) in [6.07, 6.45) is 6.01. The highest BCUT2D eigenvalue weighted by Gasteiger charge is 2.29. The molecule has 0 saturated heterocycles. The number of hydrogen-bond donors (Lipinski definition) is 2. The molecule has 1 aromatic heterocycles. The summed E-state index contributed by atoms with van der Waals surface area (Å²) >= 11 is 0. The first-order chi connectivity index (χ1) is 11.8. The second-order valence-corrected chi connectivity index (χ2v) is 7.56. The third-order valence-corrected chi connectivity index (χ3v) is 4.20. The van der Waals surface area contributed by atoms with E-state index in [1.54, 1.807) is 6.20 Å². The molecule has 3 N–H and O–H groups in total. The molecule has 0 bridgehead atoms. The standard InChI is InChI=1S/C19H30N4O2/c1-19(2,3)25-17(24)14-7-9-16(10-8-14)23-18(20)22-13-11-15-6-4-5-12-21-15/h4-6,12,14,16H,7-11,13H2,1-3H3,(H3,20,22,23). The predicted octanol–water partition coefficient (Wildman–Crippen LogP) is 2.43. The number of pyridine rings is 1. The van der Waals surface area contributed by atoms with Gasteiger partial charge < -0.3 is 15.8 Å². The van der Waals surface area contributed by atoms with Gasteiger partial charge in [-0.25, -0.2) is 0 Å². The molecule has 1 fully saturated rings. The number of nitrogens with zero attached hydrogens (tertiary/aromatic N) is 2. The van der Waals surface area contributed by atoms with E-state index in [0.29, 0.717) is 12.5 Å². The van der Waals surface area contributed by atoms with Gasteiger partial charge in [0.05, 0.1) is 5.92 Å². The Labute approximate surface area is 150 Å². The van der Waals surface area contributed by atoms with Crippen molar-refractivity contribution in [1.29, 1.82) is 0 Å². The molecule has 0 spiro atoms. The Morgan fingerprint density at radius 1 is 1.32 bits per heavy atom. The first-order valence-corrected chi connectivity index (χ1v) is 9.03. The van der Waals surface area contributed by atoms with E-state index in [1.807, 2.05) is 39.0 Å². The number of aliphatic imine (C=N–C) groups is 1. The number of nitrogens with one attached hydrogen (secondary N) is 1. The Morgan fingerprint density at radius 2 is 2.04 bits per heavy atom. The molecular formula is C19H30N4O2. The fourth-order valence-electron chi connectivity index (χ4n) is 2.95.